The molecule has 3 heterocycles. The third kappa shape index (κ3) is 1.28. The number of fused-ring (bicyclic) bond motifs is 2. The average Bonchev–Trinajstić information content (AvgIpc) is 2.74. The number of rotatable bonds is 1. The van der Waals surface area contributed by atoms with Crippen molar-refractivity contribution in [3.8, 4) is 0 Å². The van der Waals surface area contributed by atoms with Crippen LogP contribution in [0.5, 0.6) is 0 Å². The molecule has 0 aromatic carbocycles. The van der Waals surface area contributed by atoms with Crippen LogP contribution in [0, 0.1) is 0 Å². The summed E-state index contributed by atoms with van der Waals surface area (Å²) in [6.45, 7) is 0. The highest BCUT2D eigenvalue weighted by molar-refractivity contribution is 6.28. The van der Waals surface area contributed by atoms with Crippen LogP contribution >= 0.6 is 11.6 Å². The number of imidazole rings is 1. The van der Waals surface area contributed by atoms with Gasteiger partial charge in [0, 0.05) is 0 Å². The fourth-order valence-corrected chi connectivity index (χ4v) is 2.77. The smallest absolute Gasteiger partial charge is 0.226 e. The van der Waals surface area contributed by atoms with Crippen LogP contribution in [0.2, 0.25) is 5.28 Å². The van der Waals surface area contributed by atoms with E-state index in [9.17, 15) is 14.6 Å². The minimum Gasteiger partial charge on any atom is -0.387 e. The summed E-state index contributed by atoms with van der Waals surface area (Å²) >= 11 is 5.72. The highest BCUT2D eigenvalue weighted by atomic mass is 35.5. The summed E-state index contributed by atoms with van der Waals surface area (Å²) in [5.41, 5.74) is 4.25. The molecule has 1 aliphatic carbocycles. The van der Waals surface area contributed by atoms with Gasteiger partial charge in [0.15, 0.2) is 29.5 Å². The van der Waals surface area contributed by atoms with Crippen molar-refractivity contribution in [3.63, 3.8) is 0 Å². The summed E-state index contributed by atoms with van der Waals surface area (Å²) in [7, 11) is 0. The van der Waals surface area contributed by atoms with E-state index in [2.05, 4.69) is 15.0 Å². The van der Waals surface area contributed by atoms with E-state index in [-0.39, 0.29) is 22.3 Å². The van der Waals surface area contributed by atoms with E-state index >= 15 is 0 Å². The molecule has 5 atom stereocenters. The maximum Gasteiger partial charge on any atom is 0.226 e. The van der Waals surface area contributed by atoms with Gasteiger partial charge in [-0.15, -0.1) is 0 Å². The Labute approximate surface area is 116 Å². The Kier molecular flexibility index (Phi) is 2.17. The summed E-state index contributed by atoms with van der Waals surface area (Å²) in [4.78, 5) is 11.7. The molecule has 2 fully saturated rings. The molecule has 0 bridgehead atoms. The third-order valence-corrected chi connectivity index (χ3v) is 3.95. The molecule has 1 saturated carbocycles. The van der Waals surface area contributed by atoms with E-state index in [1.807, 2.05) is 0 Å². The van der Waals surface area contributed by atoms with Crippen LogP contribution in [0.3, 0.4) is 0 Å². The van der Waals surface area contributed by atoms with Gasteiger partial charge in [0.1, 0.15) is 17.7 Å². The number of aliphatic hydroxyl groups excluding tert-OH is 1. The highest BCUT2D eigenvalue weighted by Crippen LogP contribution is 2.55. The molecule has 10 heteroatoms. The SMILES string of the molecule is Nc1nc(Cl)nc2c1ncn2[C@@H]1O[C@@H]2C(O)[C@]2(O)[C@@H]1F. The van der Waals surface area contributed by atoms with Crippen molar-refractivity contribution >= 4 is 28.6 Å². The molecule has 2 aromatic heterocycles. The average molecular weight is 302 g/mol. The number of hydrogen-bond donors (Lipinski definition) is 3. The molecule has 8 nitrogen and oxygen atoms in total. The minimum absolute atomic E-state index is 0.0658. The van der Waals surface area contributed by atoms with Gasteiger partial charge >= 0.3 is 0 Å². The second kappa shape index (κ2) is 3.55. The zero-order valence-corrected chi connectivity index (χ0v) is 10.6. The largest absolute Gasteiger partial charge is 0.387 e. The van der Waals surface area contributed by atoms with Gasteiger partial charge in [-0.25, -0.2) is 9.37 Å². The number of aliphatic hydroxyl groups is 2. The number of alkyl halides is 1. The van der Waals surface area contributed by atoms with Crippen molar-refractivity contribution in [2.24, 2.45) is 0 Å². The van der Waals surface area contributed by atoms with Gasteiger partial charge in [-0.05, 0) is 11.6 Å². The topological polar surface area (TPSA) is 119 Å². The lowest BCUT2D eigenvalue weighted by Gasteiger charge is -2.20. The van der Waals surface area contributed by atoms with Crippen LogP contribution in [-0.2, 0) is 4.74 Å². The number of nitrogens with two attached hydrogens (primary N) is 1. The zero-order chi connectivity index (χ0) is 14.2. The van der Waals surface area contributed by atoms with Crippen LogP contribution in [0.25, 0.3) is 11.2 Å². The maximum absolute atomic E-state index is 14.3. The summed E-state index contributed by atoms with van der Waals surface area (Å²) in [6, 6.07) is 0. The number of halogens is 2. The fraction of sp³-hybridized carbons (Fsp3) is 0.500. The van der Waals surface area contributed by atoms with E-state index in [1.165, 1.54) is 10.9 Å². The van der Waals surface area contributed by atoms with E-state index in [0.717, 1.165) is 0 Å². The lowest BCUT2D eigenvalue weighted by atomic mass is 10.2. The van der Waals surface area contributed by atoms with Crippen molar-refractivity contribution in [3.05, 3.63) is 11.6 Å². The molecular weight excluding hydrogens is 293 g/mol. The maximum atomic E-state index is 14.3. The number of aromatic nitrogens is 4. The van der Waals surface area contributed by atoms with E-state index in [4.69, 9.17) is 22.1 Å². The number of nitrogens with zero attached hydrogens (tertiary/aromatic N) is 4. The number of nitrogen functional groups attached to an aromatic ring is 1. The molecule has 0 radical (unpaired) electrons. The van der Waals surface area contributed by atoms with Crippen LogP contribution in [0.15, 0.2) is 6.33 Å². The van der Waals surface area contributed by atoms with Crippen molar-refractivity contribution in [1.29, 1.82) is 0 Å². The first-order chi connectivity index (χ1) is 9.44. The second-order valence-corrected chi connectivity index (χ2v) is 5.22. The Morgan fingerprint density at radius 1 is 1.50 bits per heavy atom. The molecule has 0 amide bonds. The lowest BCUT2D eigenvalue weighted by molar-refractivity contribution is -0.0610. The second-order valence-electron chi connectivity index (χ2n) is 4.88. The Hall–Kier alpha value is -1.55. The van der Waals surface area contributed by atoms with Gasteiger partial charge in [-0.2, -0.15) is 9.97 Å². The van der Waals surface area contributed by atoms with Gasteiger partial charge in [-0.1, -0.05) is 0 Å². The first kappa shape index (κ1) is 12.2. The summed E-state index contributed by atoms with van der Waals surface area (Å²) < 4.78 is 20.8. The van der Waals surface area contributed by atoms with Gasteiger partial charge in [0.2, 0.25) is 5.28 Å². The van der Waals surface area contributed by atoms with Crippen molar-refractivity contribution in [2.45, 2.75) is 30.2 Å². The Morgan fingerprint density at radius 2 is 2.25 bits per heavy atom. The number of ether oxygens (including phenoxy) is 1. The quantitative estimate of drug-likeness (QED) is 0.602. The minimum atomic E-state index is -1.87. The predicted octanol–water partition coefficient (Wildman–Crippen LogP) is -0.597. The lowest BCUT2D eigenvalue weighted by Crippen LogP contribution is -2.33. The Balaban J connectivity index is 1.81. The molecular formula is C10H9ClFN5O3. The molecule has 20 heavy (non-hydrogen) atoms. The molecule has 4 rings (SSSR count). The van der Waals surface area contributed by atoms with E-state index in [1.54, 1.807) is 0 Å². The third-order valence-electron chi connectivity index (χ3n) is 3.78. The molecule has 1 aliphatic heterocycles. The first-order valence-corrected chi connectivity index (χ1v) is 6.18. The molecule has 1 saturated heterocycles. The van der Waals surface area contributed by atoms with Crippen LogP contribution < -0.4 is 5.73 Å². The standard InChI is InChI=1S/C10H9ClFN5O3/c11-9-15-6(13)2-7(16-9)17(1-14-2)8-3(12)10(19)4(18)5(10)20-8/h1,3-5,8,18-19H,(H2,13,15,16)/t3-,4?,5-,8-,10-/m1/s1. The van der Waals surface area contributed by atoms with Crippen molar-refractivity contribution < 1.29 is 19.3 Å². The number of anilines is 1. The Bertz CT molecular complexity index is 726. The Morgan fingerprint density at radius 3 is 2.90 bits per heavy atom. The first-order valence-electron chi connectivity index (χ1n) is 5.80. The van der Waals surface area contributed by atoms with E-state index in [0.29, 0.717) is 0 Å². The van der Waals surface area contributed by atoms with Crippen LogP contribution in [-0.4, -0.2) is 53.7 Å². The van der Waals surface area contributed by atoms with Crippen molar-refractivity contribution in [1.82, 2.24) is 19.5 Å². The molecule has 106 valence electrons. The molecule has 2 aromatic rings. The number of hydrogen-bond acceptors (Lipinski definition) is 7. The molecule has 1 unspecified atom stereocenters. The van der Waals surface area contributed by atoms with Crippen LogP contribution in [0.1, 0.15) is 6.23 Å². The van der Waals surface area contributed by atoms with Crippen molar-refractivity contribution in [2.75, 3.05) is 5.73 Å². The van der Waals surface area contributed by atoms with E-state index < -0.39 is 30.2 Å². The van der Waals surface area contributed by atoms with Gasteiger partial charge < -0.3 is 20.7 Å². The predicted molar refractivity (Wildman–Crippen MR) is 64.5 cm³/mol. The summed E-state index contributed by atoms with van der Waals surface area (Å²) in [6.07, 6.45) is -3.84. The molecule has 4 N–H and O–H groups in total. The molecule has 0 spiro atoms. The molecule has 2 aliphatic rings. The normalized spacial score (nSPS) is 39.2. The van der Waals surface area contributed by atoms with Crippen LogP contribution in [0.4, 0.5) is 10.2 Å². The van der Waals surface area contributed by atoms with Gasteiger partial charge in [-0.3, -0.25) is 4.57 Å². The zero-order valence-electron chi connectivity index (χ0n) is 9.81. The highest BCUT2D eigenvalue weighted by Gasteiger charge is 2.77. The monoisotopic (exact) mass is 301 g/mol. The van der Waals surface area contributed by atoms with Gasteiger partial charge in [0.05, 0.1) is 6.33 Å². The van der Waals surface area contributed by atoms with Gasteiger partial charge in [0.25, 0.3) is 0 Å². The fourth-order valence-electron chi connectivity index (χ4n) is 2.60. The summed E-state index contributed by atoms with van der Waals surface area (Å²) in [5.74, 6) is 0.0658. The summed E-state index contributed by atoms with van der Waals surface area (Å²) in [5, 5.41) is 19.2.